The highest BCUT2D eigenvalue weighted by atomic mass is 16.5. The highest BCUT2D eigenvalue weighted by Crippen LogP contribution is 2.29. The van der Waals surface area contributed by atoms with Gasteiger partial charge in [0.05, 0.1) is 12.7 Å². The quantitative estimate of drug-likeness (QED) is 0.776. The number of carboxylic acids is 1. The fourth-order valence-corrected chi connectivity index (χ4v) is 2.97. The van der Waals surface area contributed by atoms with Crippen molar-refractivity contribution < 1.29 is 19.4 Å². The largest absolute Gasteiger partial charge is 0.478 e. The second-order valence-electron chi connectivity index (χ2n) is 5.73. The molecule has 1 aliphatic rings. The van der Waals surface area contributed by atoms with Gasteiger partial charge in [0, 0.05) is 12.2 Å². The van der Waals surface area contributed by atoms with Crippen LogP contribution in [0.3, 0.4) is 0 Å². The molecule has 7 nitrogen and oxygen atoms in total. The predicted molar refractivity (Wildman–Crippen MR) is 86.1 cm³/mol. The number of benzene rings is 1. The normalized spacial score (nSPS) is 16.5. The van der Waals surface area contributed by atoms with E-state index in [2.05, 4.69) is 21.6 Å². The molecule has 1 amide bonds. The fraction of sp³-hybridized carbons (Fsp3) is 0.353. The van der Waals surface area contributed by atoms with Crippen molar-refractivity contribution in [2.45, 2.75) is 25.9 Å². The number of hydrogen-bond acceptors (Lipinski definition) is 4. The summed E-state index contributed by atoms with van der Waals surface area (Å²) in [4.78, 5) is 23.4. The summed E-state index contributed by atoms with van der Waals surface area (Å²) in [5.74, 6) is -1.67. The van der Waals surface area contributed by atoms with Gasteiger partial charge in [-0.05, 0) is 30.9 Å². The average Bonchev–Trinajstić information content (AvgIpc) is 2.97. The number of nitrogens with zero attached hydrogens (tertiary/aromatic N) is 1. The van der Waals surface area contributed by atoms with E-state index in [0.29, 0.717) is 25.3 Å². The molecule has 2 heterocycles. The summed E-state index contributed by atoms with van der Waals surface area (Å²) < 4.78 is 5.79. The topological polar surface area (TPSA) is 104 Å². The Morgan fingerprint density at radius 3 is 3.00 bits per heavy atom. The van der Waals surface area contributed by atoms with Gasteiger partial charge in [-0.2, -0.15) is 5.10 Å². The van der Waals surface area contributed by atoms with Gasteiger partial charge in [0.25, 0.3) is 5.91 Å². The number of H-pyrrole nitrogens is 1. The molecule has 0 saturated carbocycles. The number of aromatic nitrogens is 2. The smallest absolute Gasteiger partial charge is 0.340 e. The van der Waals surface area contributed by atoms with Gasteiger partial charge in [-0.3, -0.25) is 9.89 Å². The highest BCUT2D eigenvalue weighted by Gasteiger charge is 2.24. The summed E-state index contributed by atoms with van der Waals surface area (Å²) in [5, 5.41) is 18.2. The van der Waals surface area contributed by atoms with Crippen molar-refractivity contribution in [3.05, 3.63) is 52.3 Å². The Kier molecular flexibility index (Phi) is 4.61. The number of aryl methyl sites for hydroxylation is 1. The van der Waals surface area contributed by atoms with Gasteiger partial charge in [-0.15, -0.1) is 0 Å². The van der Waals surface area contributed by atoms with E-state index < -0.39 is 11.9 Å². The number of aromatic carboxylic acids is 1. The number of carbonyl (C=O) groups excluding carboxylic acids is 1. The molecule has 0 fully saturated rings. The lowest BCUT2D eigenvalue weighted by Gasteiger charge is -2.26. The maximum Gasteiger partial charge on any atom is 0.340 e. The summed E-state index contributed by atoms with van der Waals surface area (Å²) in [6.45, 7) is 2.61. The Morgan fingerprint density at radius 1 is 1.42 bits per heavy atom. The van der Waals surface area contributed by atoms with Gasteiger partial charge in [-0.1, -0.05) is 24.3 Å². The van der Waals surface area contributed by atoms with E-state index >= 15 is 0 Å². The van der Waals surface area contributed by atoms with E-state index in [9.17, 15) is 9.59 Å². The Bertz CT molecular complexity index is 769. The van der Waals surface area contributed by atoms with Crippen LogP contribution in [0.2, 0.25) is 0 Å². The Morgan fingerprint density at radius 2 is 2.21 bits per heavy atom. The number of carbonyl (C=O) groups is 2. The Balaban J connectivity index is 1.62. The van der Waals surface area contributed by atoms with Crippen LogP contribution in [0.25, 0.3) is 0 Å². The van der Waals surface area contributed by atoms with Crippen LogP contribution in [0.4, 0.5) is 0 Å². The fourth-order valence-electron chi connectivity index (χ4n) is 2.97. The highest BCUT2D eigenvalue weighted by molar-refractivity contribution is 6.04. The first-order chi connectivity index (χ1) is 11.6. The van der Waals surface area contributed by atoms with E-state index in [4.69, 9.17) is 9.84 Å². The lowest BCUT2D eigenvalue weighted by atomic mass is 9.96. The zero-order chi connectivity index (χ0) is 17.1. The average molecular weight is 329 g/mol. The second kappa shape index (κ2) is 6.84. The molecule has 1 aromatic heterocycles. The van der Waals surface area contributed by atoms with Gasteiger partial charge in [0.15, 0.2) is 5.69 Å². The molecule has 0 saturated heterocycles. The molecule has 1 unspecified atom stereocenters. The van der Waals surface area contributed by atoms with E-state index in [1.165, 1.54) is 5.56 Å². The van der Waals surface area contributed by atoms with Crippen LogP contribution < -0.4 is 5.32 Å². The molecule has 7 heteroatoms. The third-order valence-electron chi connectivity index (χ3n) is 4.16. The summed E-state index contributed by atoms with van der Waals surface area (Å²) in [6.07, 6.45) is 1.46. The van der Waals surface area contributed by atoms with Crippen molar-refractivity contribution in [3.8, 4) is 0 Å². The standard InChI is InChI=1S/C17H19N3O4/c1-10-14(17(22)23)15(20-19-10)16(21)18-8-6-13-12-5-3-2-4-11(12)7-9-24-13/h2-5,13H,6-9H2,1H3,(H,18,21)(H,19,20)(H,22,23). The van der Waals surface area contributed by atoms with Crippen LogP contribution in [0.1, 0.15) is 50.2 Å². The summed E-state index contributed by atoms with van der Waals surface area (Å²) in [6, 6.07) is 8.12. The molecule has 3 N–H and O–H groups in total. The molecule has 1 aliphatic heterocycles. The number of amides is 1. The first kappa shape index (κ1) is 16.2. The maximum absolute atomic E-state index is 12.2. The Labute approximate surface area is 139 Å². The van der Waals surface area contributed by atoms with Crippen molar-refractivity contribution in [1.29, 1.82) is 0 Å². The predicted octanol–water partition coefficient (Wildman–Crippen LogP) is 1.85. The maximum atomic E-state index is 12.2. The van der Waals surface area contributed by atoms with Gasteiger partial charge in [0.1, 0.15) is 5.56 Å². The number of nitrogens with one attached hydrogen (secondary N) is 2. The number of rotatable bonds is 5. The minimum absolute atomic E-state index is 0.0601. The molecule has 0 aliphatic carbocycles. The second-order valence-corrected chi connectivity index (χ2v) is 5.73. The van der Waals surface area contributed by atoms with Crippen LogP contribution in [0, 0.1) is 6.92 Å². The summed E-state index contributed by atoms with van der Waals surface area (Å²) in [7, 11) is 0. The third-order valence-corrected chi connectivity index (χ3v) is 4.16. The number of ether oxygens (including phenoxy) is 1. The van der Waals surface area contributed by atoms with E-state index in [-0.39, 0.29) is 17.4 Å². The molecule has 2 aromatic rings. The van der Waals surface area contributed by atoms with E-state index in [0.717, 1.165) is 12.0 Å². The first-order valence-electron chi connectivity index (χ1n) is 7.83. The number of fused-ring (bicyclic) bond motifs is 1. The van der Waals surface area contributed by atoms with Crippen molar-refractivity contribution in [2.24, 2.45) is 0 Å². The SMILES string of the molecule is Cc1[nH]nc(C(=O)NCCC2OCCc3ccccc32)c1C(=O)O. The van der Waals surface area contributed by atoms with Gasteiger partial charge < -0.3 is 15.2 Å². The molecular formula is C17H19N3O4. The van der Waals surface area contributed by atoms with E-state index in [1.54, 1.807) is 6.92 Å². The molecule has 3 rings (SSSR count). The molecule has 0 radical (unpaired) electrons. The van der Waals surface area contributed by atoms with Crippen molar-refractivity contribution in [1.82, 2.24) is 15.5 Å². The van der Waals surface area contributed by atoms with Crippen molar-refractivity contribution in [2.75, 3.05) is 13.2 Å². The number of carboxylic acid groups (broad SMARTS) is 1. The molecule has 1 aromatic carbocycles. The van der Waals surface area contributed by atoms with Crippen LogP contribution in [-0.4, -0.2) is 40.3 Å². The van der Waals surface area contributed by atoms with Crippen molar-refractivity contribution in [3.63, 3.8) is 0 Å². The van der Waals surface area contributed by atoms with Crippen LogP contribution in [-0.2, 0) is 11.2 Å². The lowest BCUT2D eigenvalue weighted by Crippen LogP contribution is -2.29. The zero-order valence-electron chi connectivity index (χ0n) is 13.3. The molecule has 1 atom stereocenters. The molecule has 126 valence electrons. The zero-order valence-corrected chi connectivity index (χ0v) is 13.3. The molecular weight excluding hydrogens is 310 g/mol. The monoisotopic (exact) mass is 329 g/mol. The minimum Gasteiger partial charge on any atom is -0.478 e. The molecule has 24 heavy (non-hydrogen) atoms. The minimum atomic E-state index is -1.17. The summed E-state index contributed by atoms with van der Waals surface area (Å²) >= 11 is 0. The van der Waals surface area contributed by atoms with Crippen LogP contribution in [0.5, 0.6) is 0 Å². The summed E-state index contributed by atoms with van der Waals surface area (Å²) in [5.41, 5.74) is 2.60. The first-order valence-corrected chi connectivity index (χ1v) is 7.83. The van der Waals surface area contributed by atoms with Crippen LogP contribution >= 0.6 is 0 Å². The van der Waals surface area contributed by atoms with E-state index in [1.807, 2.05) is 18.2 Å². The third kappa shape index (κ3) is 3.16. The molecule has 0 spiro atoms. The van der Waals surface area contributed by atoms with Gasteiger partial charge >= 0.3 is 5.97 Å². The Hall–Kier alpha value is -2.67. The number of aromatic amines is 1. The van der Waals surface area contributed by atoms with Gasteiger partial charge in [0.2, 0.25) is 0 Å². The molecule has 0 bridgehead atoms. The van der Waals surface area contributed by atoms with Gasteiger partial charge in [-0.25, -0.2) is 4.79 Å². The lowest BCUT2D eigenvalue weighted by molar-refractivity contribution is 0.0366. The number of hydrogen-bond donors (Lipinski definition) is 3. The van der Waals surface area contributed by atoms with Crippen molar-refractivity contribution >= 4 is 11.9 Å². The van der Waals surface area contributed by atoms with Crippen LogP contribution in [0.15, 0.2) is 24.3 Å².